The molecule has 0 atom stereocenters. The van der Waals surface area contributed by atoms with Crippen LogP contribution in [0.25, 0.3) is 0 Å². The molecule has 2 N–H and O–H groups in total. The van der Waals surface area contributed by atoms with Gasteiger partial charge in [0.25, 0.3) is 0 Å². The Kier molecular flexibility index (Phi) is 6.06. The molecule has 0 spiro atoms. The maximum absolute atomic E-state index is 11.8. The van der Waals surface area contributed by atoms with Gasteiger partial charge in [-0.25, -0.2) is 0 Å². The Morgan fingerprint density at radius 2 is 2.05 bits per heavy atom. The number of aliphatic carboxylic acids is 1. The zero-order valence-corrected chi connectivity index (χ0v) is 11.7. The number of nitrogens with one attached hydrogen (secondary N) is 1. The Labute approximate surface area is 119 Å². The smallest absolute Gasteiger partial charge is 0.317 e. The van der Waals surface area contributed by atoms with Crippen LogP contribution in [0, 0.1) is 12.3 Å². The van der Waals surface area contributed by atoms with Crippen LogP contribution >= 0.6 is 15.9 Å². The van der Waals surface area contributed by atoms with Crippen LogP contribution < -0.4 is 5.32 Å². The van der Waals surface area contributed by atoms with Crippen molar-refractivity contribution in [3.63, 3.8) is 0 Å². The molecule has 0 aromatic heterocycles. The number of hydrogen-bond acceptors (Lipinski definition) is 3. The fourth-order valence-electron chi connectivity index (χ4n) is 1.44. The van der Waals surface area contributed by atoms with E-state index in [2.05, 4.69) is 27.2 Å². The van der Waals surface area contributed by atoms with Crippen molar-refractivity contribution >= 4 is 33.5 Å². The Bertz CT molecular complexity index is 511. The molecule has 0 fully saturated rings. The van der Waals surface area contributed by atoms with E-state index in [0.29, 0.717) is 5.69 Å². The average Bonchev–Trinajstić information content (AvgIpc) is 2.31. The average molecular weight is 325 g/mol. The molecule has 6 heteroatoms. The van der Waals surface area contributed by atoms with E-state index in [1.165, 1.54) is 4.90 Å². The predicted molar refractivity (Wildman–Crippen MR) is 75.7 cm³/mol. The third-order valence-electron chi connectivity index (χ3n) is 2.19. The van der Waals surface area contributed by atoms with Crippen molar-refractivity contribution < 1.29 is 14.7 Å². The van der Waals surface area contributed by atoms with Crippen molar-refractivity contribution in [3.8, 4) is 12.3 Å². The van der Waals surface area contributed by atoms with Gasteiger partial charge in [0, 0.05) is 4.47 Å². The van der Waals surface area contributed by atoms with Gasteiger partial charge >= 0.3 is 5.97 Å². The first kappa shape index (κ1) is 15.2. The number of amides is 1. The van der Waals surface area contributed by atoms with E-state index in [1.54, 1.807) is 18.2 Å². The van der Waals surface area contributed by atoms with Crippen molar-refractivity contribution in [1.29, 1.82) is 0 Å². The lowest BCUT2D eigenvalue weighted by Gasteiger charge is -2.17. The zero-order chi connectivity index (χ0) is 14.3. The van der Waals surface area contributed by atoms with Crippen LogP contribution in [0.4, 0.5) is 5.69 Å². The SMILES string of the molecule is C#CCN(CC(=O)O)CC(=O)Nc1ccccc1Br. The van der Waals surface area contributed by atoms with Crippen LogP contribution in [0.2, 0.25) is 0 Å². The van der Waals surface area contributed by atoms with E-state index in [0.717, 1.165) is 4.47 Å². The number of carbonyl (C=O) groups excluding carboxylic acids is 1. The molecule has 1 rings (SSSR count). The summed E-state index contributed by atoms with van der Waals surface area (Å²) < 4.78 is 0.755. The first-order valence-electron chi connectivity index (χ1n) is 5.45. The number of benzene rings is 1. The summed E-state index contributed by atoms with van der Waals surface area (Å²) in [5, 5.41) is 11.4. The second-order valence-corrected chi connectivity index (χ2v) is 4.63. The Morgan fingerprint density at radius 3 is 2.63 bits per heavy atom. The molecule has 19 heavy (non-hydrogen) atoms. The van der Waals surface area contributed by atoms with Crippen LogP contribution in [-0.4, -0.2) is 41.5 Å². The molecule has 1 aromatic carbocycles. The van der Waals surface area contributed by atoms with Gasteiger partial charge in [0.2, 0.25) is 5.91 Å². The fraction of sp³-hybridized carbons (Fsp3) is 0.231. The lowest BCUT2D eigenvalue weighted by Crippen LogP contribution is -2.37. The van der Waals surface area contributed by atoms with Gasteiger partial charge in [0.05, 0.1) is 25.3 Å². The monoisotopic (exact) mass is 324 g/mol. The topological polar surface area (TPSA) is 69.6 Å². The summed E-state index contributed by atoms with van der Waals surface area (Å²) in [4.78, 5) is 23.8. The highest BCUT2D eigenvalue weighted by Gasteiger charge is 2.13. The molecule has 0 radical (unpaired) electrons. The molecule has 100 valence electrons. The third-order valence-corrected chi connectivity index (χ3v) is 2.88. The molecular weight excluding hydrogens is 312 g/mol. The van der Waals surface area contributed by atoms with Gasteiger partial charge in [0.15, 0.2) is 0 Å². The molecule has 0 aliphatic carbocycles. The first-order chi connectivity index (χ1) is 9.02. The van der Waals surface area contributed by atoms with E-state index in [-0.39, 0.29) is 25.5 Å². The highest BCUT2D eigenvalue weighted by Crippen LogP contribution is 2.20. The standard InChI is InChI=1S/C13H13BrN2O3/c1-2-7-16(9-13(18)19)8-12(17)15-11-6-4-3-5-10(11)14/h1,3-6H,7-9H2,(H,15,17)(H,18,19). The Morgan fingerprint density at radius 1 is 1.37 bits per heavy atom. The molecule has 0 heterocycles. The summed E-state index contributed by atoms with van der Waals surface area (Å²) in [5.41, 5.74) is 0.628. The number of carboxylic acid groups (broad SMARTS) is 1. The lowest BCUT2D eigenvalue weighted by atomic mass is 10.3. The lowest BCUT2D eigenvalue weighted by molar-refractivity contribution is -0.138. The minimum absolute atomic E-state index is 0.0716. The molecular formula is C13H13BrN2O3. The number of hydrogen-bond donors (Lipinski definition) is 2. The summed E-state index contributed by atoms with van der Waals surface area (Å²) in [6, 6.07) is 7.16. The molecule has 0 aliphatic heterocycles. The van der Waals surface area contributed by atoms with Crippen LogP contribution in [0.3, 0.4) is 0 Å². The van der Waals surface area contributed by atoms with Crippen molar-refractivity contribution in [3.05, 3.63) is 28.7 Å². The summed E-state index contributed by atoms with van der Waals surface area (Å²) in [5.74, 6) is 0.987. The van der Waals surface area contributed by atoms with E-state index in [4.69, 9.17) is 11.5 Å². The first-order valence-corrected chi connectivity index (χ1v) is 6.24. The highest BCUT2D eigenvalue weighted by atomic mass is 79.9. The third kappa shape index (κ3) is 5.55. The van der Waals surface area contributed by atoms with Crippen LogP contribution in [0.1, 0.15) is 0 Å². The zero-order valence-electron chi connectivity index (χ0n) is 10.1. The quantitative estimate of drug-likeness (QED) is 0.776. The molecule has 0 aliphatic rings. The second kappa shape index (κ2) is 7.56. The molecule has 1 amide bonds. The number of anilines is 1. The Balaban J connectivity index is 2.60. The molecule has 0 saturated carbocycles. The van der Waals surface area contributed by atoms with E-state index in [9.17, 15) is 9.59 Å². The van der Waals surface area contributed by atoms with Crippen molar-refractivity contribution in [2.75, 3.05) is 25.0 Å². The highest BCUT2D eigenvalue weighted by molar-refractivity contribution is 9.10. The van der Waals surface area contributed by atoms with Gasteiger partial charge in [-0.15, -0.1) is 6.42 Å². The van der Waals surface area contributed by atoms with Gasteiger partial charge < -0.3 is 10.4 Å². The fourth-order valence-corrected chi connectivity index (χ4v) is 1.83. The van der Waals surface area contributed by atoms with Crippen molar-refractivity contribution in [2.45, 2.75) is 0 Å². The minimum atomic E-state index is -1.02. The van der Waals surface area contributed by atoms with Gasteiger partial charge in [-0.1, -0.05) is 18.1 Å². The van der Waals surface area contributed by atoms with Crippen molar-refractivity contribution in [2.24, 2.45) is 0 Å². The molecule has 5 nitrogen and oxygen atoms in total. The summed E-state index contributed by atoms with van der Waals surface area (Å²) in [7, 11) is 0. The van der Waals surface area contributed by atoms with Gasteiger partial charge in [0.1, 0.15) is 0 Å². The van der Waals surface area contributed by atoms with Gasteiger partial charge in [-0.3, -0.25) is 14.5 Å². The number of carbonyl (C=O) groups is 2. The van der Waals surface area contributed by atoms with Crippen molar-refractivity contribution in [1.82, 2.24) is 4.90 Å². The number of terminal acetylenes is 1. The minimum Gasteiger partial charge on any atom is -0.480 e. The van der Waals surface area contributed by atoms with E-state index >= 15 is 0 Å². The predicted octanol–water partition coefficient (Wildman–Crippen LogP) is 1.41. The molecule has 0 bridgehead atoms. The number of carboxylic acids is 1. The maximum Gasteiger partial charge on any atom is 0.317 e. The second-order valence-electron chi connectivity index (χ2n) is 3.77. The number of nitrogens with zero attached hydrogens (tertiary/aromatic N) is 1. The molecule has 0 saturated heterocycles. The van der Waals surface area contributed by atoms with Crippen LogP contribution in [-0.2, 0) is 9.59 Å². The summed E-state index contributed by atoms with van der Waals surface area (Å²) in [6.07, 6.45) is 5.13. The van der Waals surface area contributed by atoms with Gasteiger partial charge in [-0.05, 0) is 28.1 Å². The van der Waals surface area contributed by atoms with Crippen LogP contribution in [0.5, 0.6) is 0 Å². The Hall–Kier alpha value is -1.84. The summed E-state index contributed by atoms with van der Waals surface area (Å²) in [6.45, 7) is -0.235. The van der Waals surface area contributed by atoms with Gasteiger partial charge in [-0.2, -0.15) is 0 Å². The maximum atomic E-state index is 11.8. The number of halogens is 1. The molecule has 0 unspecified atom stereocenters. The number of para-hydroxylation sites is 1. The molecule has 1 aromatic rings. The van der Waals surface area contributed by atoms with Crippen LogP contribution in [0.15, 0.2) is 28.7 Å². The summed E-state index contributed by atoms with van der Waals surface area (Å²) >= 11 is 3.31. The normalized spacial score (nSPS) is 9.95. The van der Waals surface area contributed by atoms with E-state index in [1.807, 2.05) is 6.07 Å². The largest absolute Gasteiger partial charge is 0.480 e. The number of rotatable bonds is 6. The van der Waals surface area contributed by atoms with E-state index < -0.39 is 5.97 Å².